The van der Waals surface area contributed by atoms with E-state index in [9.17, 15) is 9.18 Å². The molecule has 0 radical (unpaired) electrons. The molecule has 178 valence electrons. The lowest BCUT2D eigenvalue weighted by Crippen LogP contribution is -2.24. The fraction of sp³-hybridized carbons (Fsp3) is 0.185. The Morgan fingerprint density at radius 1 is 0.886 bits per heavy atom. The maximum atomic E-state index is 13.1. The van der Waals surface area contributed by atoms with Gasteiger partial charge in [0.05, 0.1) is 6.54 Å². The van der Waals surface area contributed by atoms with Gasteiger partial charge in [-0.2, -0.15) is 0 Å². The predicted molar refractivity (Wildman–Crippen MR) is 126 cm³/mol. The maximum Gasteiger partial charge on any atom is 0.273 e. The number of nitrogens with zero attached hydrogens (tertiary/aromatic N) is 2. The number of amides is 1. The molecule has 0 saturated heterocycles. The predicted octanol–water partition coefficient (Wildman–Crippen LogP) is 4.67. The van der Waals surface area contributed by atoms with Crippen LogP contribution in [0.25, 0.3) is 0 Å². The molecule has 4 aromatic rings. The Hall–Kier alpha value is -4.17. The van der Waals surface area contributed by atoms with Crippen molar-refractivity contribution in [2.24, 2.45) is 0 Å². The lowest BCUT2D eigenvalue weighted by molar-refractivity contribution is 0.0945. The highest BCUT2D eigenvalue weighted by atomic mass is 19.1. The molecule has 0 spiro atoms. The number of nitrogens with one attached hydrogen (secondary N) is 1. The summed E-state index contributed by atoms with van der Waals surface area (Å²) in [5.74, 6) is 1.25. The average Bonchev–Trinajstić information content (AvgIpc) is 3.53. The molecular formula is C27H24FN3O4. The first-order valence-corrected chi connectivity index (χ1v) is 11.2. The van der Waals surface area contributed by atoms with Gasteiger partial charge in [0, 0.05) is 19.6 Å². The number of hydrogen-bond donors (Lipinski definition) is 1. The zero-order valence-corrected chi connectivity index (χ0v) is 18.9. The minimum atomic E-state index is -0.352. The second kappa shape index (κ2) is 10.4. The molecule has 3 aromatic carbocycles. The lowest BCUT2D eigenvalue weighted by atomic mass is 10.1. The molecule has 0 bridgehead atoms. The van der Waals surface area contributed by atoms with Gasteiger partial charge in [0.25, 0.3) is 5.91 Å². The number of halogens is 1. The van der Waals surface area contributed by atoms with Crippen molar-refractivity contribution in [1.29, 1.82) is 0 Å². The van der Waals surface area contributed by atoms with E-state index in [1.807, 2.05) is 36.4 Å². The van der Waals surface area contributed by atoms with Crippen LogP contribution in [0.2, 0.25) is 0 Å². The van der Waals surface area contributed by atoms with Crippen molar-refractivity contribution in [2.75, 3.05) is 6.79 Å². The van der Waals surface area contributed by atoms with Crippen LogP contribution in [0.1, 0.15) is 33.1 Å². The summed E-state index contributed by atoms with van der Waals surface area (Å²) in [5, 5.41) is 2.78. The van der Waals surface area contributed by atoms with Gasteiger partial charge in [0.1, 0.15) is 12.1 Å². The smallest absolute Gasteiger partial charge is 0.273 e. The van der Waals surface area contributed by atoms with Crippen molar-refractivity contribution in [3.05, 3.63) is 113 Å². The summed E-state index contributed by atoms with van der Waals surface area (Å²) in [4.78, 5) is 19.1. The standard InChI is InChI=1S/C27H24FN3O4/c28-22-9-6-19(7-10-22)13-29-27(32)23-17-33-26(30-23)16-31(14-20-4-2-1-3-5-20)15-21-8-11-24-25(12-21)35-18-34-24/h1-12,17H,13-16,18H2,(H,29,32). The van der Waals surface area contributed by atoms with Crippen LogP contribution in [0.15, 0.2) is 83.5 Å². The summed E-state index contributed by atoms with van der Waals surface area (Å²) in [6.45, 7) is 2.21. The van der Waals surface area contributed by atoms with Crippen molar-refractivity contribution in [1.82, 2.24) is 15.2 Å². The molecule has 0 unspecified atom stereocenters. The number of benzene rings is 3. The van der Waals surface area contributed by atoms with Crippen LogP contribution >= 0.6 is 0 Å². The molecule has 35 heavy (non-hydrogen) atoms. The summed E-state index contributed by atoms with van der Waals surface area (Å²) in [6, 6.07) is 22.0. The highest BCUT2D eigenvalue weighted by molar-refractivity contribution is 5.91. The number of hydrogen-bond acceptors (Lipinski definition) is 6. The largest absolute Gasteiger partial charge is 0.454 e. The van der Waals surface area contributed by atoms with Crippen LogP contribution in [0, 0.1) is 5.82 Å². The molecular weight excluding hydrogens is 449 g/mol. The van der Waals surface area contributed by atoms with E-state index in [4.69, 9.17) is 13.9 Å². The molecule has 0 aliphatic carbocycles. The fourth-order valence-electron chi connectivity index (χ4n) is 3.86. The Balaban J connectivity index is 1.26. The minimum absolute atomic E-state index is 0.199. The number of carbonyl (C=O) groups excluding carboxylic acids is 1. The normalized spacial score (nSPS) is 12.2. The van der Waals surface area contributed by atoms with Crippen molar-refractivity contribution in [2.45, 2.75) is 26.2 Å². The van der Waals surface area contributed by atoms with Gasteiger partial charge in [0.2, 0.25) is 12.7 Å². The Morgan fingerprint density at radius 2 is 1.63 bits per heavy atom. The van der Waals surface area contributed by atoms with Crippen molar-refractivity contribution < 1.29 is 23.1 Å². The molecule has 1 aliphatic heterocycles. The zero-order valence-electron chi connectivity index (χ0n) is 18.9. The summed E-state index contributed by atoms with van der Waals surface area (Å²) >= 11 is 0. The summed E-state index contributed by atoms with van der Waals surface area (Å²) in [6.07, 6.45) is 1.36. The maximum absolute atomic E-state index is 13.1. The van der Waals surface area contributed by atoms with Crippen molar-refractivity contribution >= 4 is 5.91 Å². The number of fused-ring (bicyclic) bond motifs is 1. The molecule has 2 heterocycles. The molecule has 1 aliphatic rings. The van der Waals surface area contributed by atoms with E-state index in [2.05, 4.69) is 27.3 Å². The zero-order chi connectivity index (χ0) is 24.0. The Bertz CT molecular complexity index is 1290. The Kier molecular flexibility index (Phi) is 6.72. The van der Waals surface area contributed by atoms with E-state index in [1.54, 1.807) is 12.1 Å². The van der Waals surface area contributed by atoms with E-state index >= 15 is 0 Å². The van der Waals surface area contributed by atoms with Crippen LogP contribution in [0.3, 0.4) is 0 Å². The summed E-state index contributed by atoms with van der Waals surface area (Å²) in [7, 11) is 0. The van der Waals surface area contributed by atoms with E-state index < -0.39 is 0 Å². The third-order valence-electron chi connectivity index (χ3n) is 5.60. The van der Waals surface area contributed by atoms with E-state index in [0.29, 0.717) is 25.5 Å². The summed E-state index contributed by atoms with van der Waals surface area (Å²) < 4.78 is 29.6. The van der Waals surface area contributed by atoms with Crippen LogP contribution in [-0.2, 0) is 26.2 Å². The van der Waals surface area contributed by atoms with Gasteiger partial charge >= 0.3 is 0 Å². The highest BCUT2D eigenvalue weighted by Gasteiger charge is 2.18. The molecule has 7 nitrogen and oxygen atoms in total. The topological polar surface area (TPSA) is 76.8 Å². The summed E-state index contributed by atoms with van der Waals surface area (Å²) in [5.41, 5.74) is 3.21. The van der Waals surface area contributed by atoms with Gasteiger partial charge in [0.15, 0.2) is 17.2 Å². The van der Waals surface area contributed by atoms with Crippen LogP contribution < -0.4 is 14.8 Å². The Morgan fingerprint density at radius 3 is 2.46 bits per heavy atom. The van der Waals surface area contributed by atoms with E-state index in [0.717, 1.165) is 28.2 Å². The first kappa shape index (κ1) is 22.6. The number of ether oxygens (including phenoxy) is 2. The average molecular weight is 474 g/mol. The van der Waals surface area contributed by atoms with Gasteiger partial charge in [-0.25, -0.2) is 9.37 Å². The SMILES string of the molecule is O=C(NCc1ccc(F)cc1)c1coc(CN(Cc2ccccc2)Cc2ccc3c(c2)OCO3)n1. The van der Waals surface area contributed by atoms with E-state index in [-0.39, 0.29) is 30.8 Å². The fourth-order valence-corrected chi connectivity index (χ4v) is 3.86. The second-order valence-corrected chi connectivity index (χ2v) is 8.25. The molecule has 1 amide bonds. The molecule has 0 fully saturated rings. The molecule has 1 N–H and O–H groups in total. The molecule has 1 aromatic heterocycles. The van der Waals surface area contributed by atoms with Gasteiger partial charge in [-0.3, -0.25) is 9.69 Å². The van der Waals surface area contributed by atoms with Crippen LogP contribution in [-0.4, -0.2) is 22.6 Å². The number of oxazole rings is 1. The lowest BCUT2D eigenvalue weighted by Gasteiger charge is -2.21. The highest BCUT2D eigenvalue weighted by Crippen LogP contribution is 2.33. The van der Waals surface area contributed by atoms with Crippen LogP contribution in [0.4, 0.5) is 4.39 Å². The first-order chi connectivity index (χ1) is 17.1. The molecule has 5 rings (SSSR count). The third kappa shape index (κ3) is 5.85. The number of carbonyl (C=O) groups is 1. The first-order valence-electron chi connectivity index (χ1n) is 11.2. The molecule has 0 saturated carbocycles. The second-order valence-electron chi connectivity index (χ2n) is 8.25. The van der Waals surface area contributed by atoms with E-state index in [1.165, 1.54) is 18.4 Å². The molecule has 0 atom stereocenters. The monoisotopic (exact) mass is 473 g/mol. The third-order valence-corrected chi connectivity index (χ3v) is 5.60. The number of rotatable bonds is 9. The quantitative estimate of drug-likeness (QED) is 0.381. The number of aromatic nitrogens is 1. The van der Waals surface area contributed by atoms with Crippen molar-refractivity contribution in [3.63, 3.8) is 0 Å². The van der Waals surface area contributed by atoms with Crippen LogP contribution in [0.5, 0.6) is 11.5 Å². The molecule has 8 heteroatoms. The minimum Gasteiger partial charge on any atom is -0.454 e. The van der Waals surface area contributed by atoms with Crippen molar-refractivity contribution in [3.8, 4) is 11.5 Å². The van der Waals surface area contributed by atoms with Gasteiger partial charge in [-0.05, 0) is 41.0 Å². The van der Waals surface area contributed by atoms with Gasteiger partial charge in [-0.15, -0.1) is 0 Å². The van der Waals surface area contributed by atoms with Gasteiger partial charge < -0.3 is 19.2 Å². The Labute approximate surface area is 202 Å². The van der Waals surface area contributed by atoms with Gasteiger partial charge in [-0.1, -0.05) is 48.5 Å².